The quantitative estimate of drug-likeness (QED) is 0.821. The fourth-order valence-electron chi connectivity index (χ4n) is 3.07. The standard InChI is InChI=1S/C17H29N3O2S/c1-4-23(21,22)18-17(15-8-6-5-7-9-15)14-20(3)16-10-12-19(2)13-11-16/h5-9,16-18H,4,10-14H2,1-3H3/t17-/m0/s1. The van der Waals surface area contributed by atoms with E-state index >= 15 is 0 Å². The lowest BCUT2D eigenvalue weighted by Gasteiger charge is -2.37. The van der Waals surface area contributed by atoms with E-state index in [1.54, 1.807) is 6.92 Å². The molecular weight excluding hydrogens is 310 g/mol. The van der Waals surface area contributed by atoms with Gasteiger partial charge in [-0.25, -0.2) is 13.1 Å². The summed E-state index contributed by atoms with van der Waals surface area (Å²) in [6, 6.07) is 10.2. The molecule has 0 aliphatic carbocycles. The van der Waals surface area contributed by atoms with Gasteiger partial charge in [-0.1, -0.05) is 30.3 Å². The van der Waals surface area contributed by atoms with Crippen LogP contribution in [0.4, 0.5) is 0 Å². The van der Waals surface area contributed by atoms with Gasteiger partial charge in [-0.3, -0.25) is 0 Å². The van der Waals surface area contributed by atoms with Crippen molar-refractivity contribution >= 4 is 10.0 Å². The fraction of sp³-hybridized carbons (Fsp3) is 0.647. The van der Waals surface area contributed by atoms with E-state index in [4.69, 9.17) is 0 Å². The van der Waals surface area contributed by atoms with E-state index in [-0.39, 0.29) is 11.8 Å². The Kier molecular flexibility index (Phi) is 6.59. The minimum atomic E-state index is -3.24. The van der Waals surface area contributed by atoms with E-state index in [9.17, 15) is 8.42 Å². The molecule has 0 bridgehead atoms. The van der Waals surface area contributed by atoms with E-state index in [1.165, 1.54) is 0 Å². The number of nitrogens with zero attached hydrogens (tertiary/aromatic N) is 2. The molecule has 1 aromatic rings. The van der Waals surface area contributed by atoms with Gasteiger partial charge in [0, 0.05) is 12.6 Å². The highest BCUT2D eigenvalue weighted by atomic mass is 32.2. The van der Waals surface area contributed by atoms with Crippen LogP contribution in [-0.4, -0.2) is 63.7 Å². The van der Waals surface area contributed by atoms with Crippen molar-refractivity contribution in [3.8, 4) is 0 Å². The first kappa shape index (κ1) is 18.4. The molecule has 1 aliphatic rings. The number of hydrogen-bond acceptors (Lipinski definition) is 4. The molecule has 6 heteroatoms. The van der Waals surface area contributed by atoms with Crippen LogP contribution < -0.4 is 4.72 Å². The summed E-state index contributed by atoms with van der Waals surface area (Å²) in [6.45, 7) is 4.57. The molecule has 1 N–H and O–H groups in total. The molecule has 2 rings (SSSR count). The zero-order chi connectivity index (χ0) is 16.9. The molecule has 1 atom stereocenters. The molecule has 1 saturated heterocycles. The molecule has 0 radical (unpaired) electrons. The third-order valence-electron chi connectivity index (χ3n) is 4.69. The zero-order valence-electron chi connectivity index (χ0n) is 14.4. The first-order chi connectivity index (χ1) is 10.9. The van der Waals surface area contributed by atoms with Crippen LogP contribution in [0.25, 0.3) is 0 Å². The van der Waals surface area contributed by atoms with Crippen LogP contribution in [0.3, 0.4) is 0 Å². The summed E-state index contributed by atoms with van der Waals surface area (Å²) in [6.07, 6.45) is 2.27. The normalized spacial score (nSPS) is 19.1. The Morgan fingerprint density at radius 1 is 1.26 bits per heavy atom. The van der Waals surface area contributed by atoms with E-state index in [2.05, 4.69) is 28.6 Å². The van der Waals surface area contributed by atoms with Gasteiger partial charge in [-0.05, 0) is 52.5 Å². The Balaban J connectivity index is 2.08. The molecule has 0 amide bonds. The van der Waals surface area contributed by atoms with Gasteiger partial charge in [0.05, 0.1) is 11.8 Å². The lowest BCUT2D eigenvalue weighted by Crippen LogP contribution is -2.45. The van der Waals surface area contributed by atoms with Crippen LogP contribution in [-0.2, 0) is 10.0 Å². The molecule has 1 fully saturated rings. The number of nitrogens with one attached hydrogen (secondary N) is 1. The van der Waals surface area contributed by atoms with Gasteiger partial charge >= 0.3 is 0 Å². The lowest BCUT2D eigenvalue weighted by molar-refractivity contribution is 0.137. The van der Waals surface area contributed by atoms with Crippen molar-refractivity contribution in [2.75, 3.05) is 39.5 Å². The van der Waals surface area contributed by atoms with Crippen molar-refractivity contribution in [1.82, 2.24) is 14.5 Å². The van der Waals surface area contributed by atoms with Crippen molar-refractivity contribution < 1.29 is 8.42 Å². The van der Waals surface area contributed by atoms with Crippen molar-refractivity contribution in [3.63, 3.8) is 0 Å². The second-order valence-corrected chi connectivity index (χ2v) is 8.50. The number of benzene rings is 1. The van der Waals surface area contributed by atoms with Crippen molar-refractivity contribution in [2.24, 2.45) is 0 Å². The second-order valence-electron chi connectivity index (χ2n) is 6.46. The average molecular weight is 340 g/mol. The maximum absolute atomic E-state index is 12.0. The maximum Gasteiger partial charge on any atom is 0.211 e. The zero-order valence-corrected chi connectivity index (χ0v) is 15.2. The highest BCUT2D eigenvalue weighted by Gasteiger charge is 2.25. The molecule has 0 spiro atoms. The molecule has 1 aromatic carbocycles. The van der Waals surface area contributed by atoms with Crippen LogP contribution in [0.15, 0.2) is 30.3 Å². The molecular formula is C17H29N3O2S. The number of sulfonamides is 1. The van der Waals surface area contributed by atoms with Gasteiger partial charge < -0.3 is 9.80 Å². The van der Waals surface area contributed by atoms with Gasteiger partial charge in [0.2, 0.25) is 10.0 Å². The van der Waals surface area contributed by atoms with Crippen LogP contribution >= 0.6 is 0 Å². The van der Waals surface area contributed by atoms with Gasteiger partial charge in [-0.15, -0.1) is 0 Å². The van der Waals surface area contributed by atoms with Crippen LogP contribution in [0, 0.1) is 0 Å². The summed E-state index contributed by atoms with van der Waals surface area (Å²) < 4.78 is 27.0. The predicted octanol–water partition coefficient (Wildman–Crippen LogP) is 1.69. The van der Waals surface area contributed by atoms with Crippen molar-refractivity contribution in [3.05, 3.63) is 35.9 Å². The van der Waals surface area contributed by atoms with Gasteiger partial charge in [0.1, 0.15) is 0 Å². The van der Waals surface area contributed by atoms with Crippen molar-refractivity contribution in [2.45, 2.75) is 31.8 Å². The smallest absolute Gasteiger partial charge is 0.211 e. The van der Waals surface area contributed by atoms with E-state index in [0.29, 0.717) is 12.6 Å². The second kappa shape index (κ2) is 8.24. The molecule has 1 heterocycles. The summed E-state index contributed by atoms with van der Waals surface area (Å²) in [4.78, 5) is 4.65. The first-order valence-corrected chi connectivity index (χ1v) is 10.00. The molecule has 0 unspecified atom stereocenters. The monoisotopic (exact) mass is 339 g/mol. The summed E-state index contributed by atoms with van der Waals surface area (Å²) in [5.41, 5.74) is 1.02. The molecule has 5 nitrogen and oxygen atoms in total. The number of rotatable bonds is 7. The van der Waals surface area contributed by atoms with E-state index in [0.717, 1.165) is 31.5 Å². The van der Waals surface area contributed by atoms with Crippen molar-refractivity contribution in [1.29, 1.82) is 0 Å². The topological polar surface area (TPSA) is 52.7 Å². The highest BCUT2D eigenvalue weighted by Crippen LogP contribution is 2.20. The van der Waals surface area contributed by atoms with Crippen LogP contribution in [0.1, 0.15) is 31.4 Å². The first-order valence-electron chi connectivity index (χ1n) is 8.35. The highest BCUT2D eigenvalue weighted by molar-refractivity contribution is 7.89. The molecule has 1 aliphatic heterocycles. The summed E-state index contributed by atoms with van der Waals surface area (Å²) in [5, 5.41) is 0. The summed E-state index contributed by atoms with van der Waals surface area (Å²) in [7, 11) is 1.02. The Morgan fingerprint density at radius 3 is 2.43 bits per heavy atom. The molecule has 130 valence electrons. The number of likely N-dealkylation sites (tertiary alicyclic amines) is 1. The molecule has 0 saturated carbocycles. The van der Waals surface area contributed by atoms with E-state index in [1.807, 2.05) is 30.3 Å². The van der Waals surface area contributed by atoms with Crippen LogP contribution in [0.5, 0.6) is 0 Å². The SMILES string of the molecule is CCS(=O)(=O)N[C@@H](CN(C)C1CCN(C)CC1)c1ccccc1. The summed E-state index contributed by atoms with van der Waals surface area (Å²) >= 11 is 0. The number of piperidine rings is 1. The molecule has 23 heavy (non-hydrogen) atoms. The van der Waals surface area contributed by atoms with Gasteiger partial charge in [-0.2, -0.15) is 0 Å². The number of likely N-dealkylation sites (N-methyl/N-ethyl adjacent to an activating group) is 1. The fourth-order valence-corrected chi connectivity index (χ4v) is 3.88. The average Bonchev–Trinajstić information content (AvgIpc) is 2.55. The molecule has 0 aromatic heterocycles. The van der Waals surface area contributed by atoms with Gasteiger partial charge in [0.15, 0.2) is 0 Å². The Hall–Kier alpha value is -0.950. The van der Waals surface area contributed by atoms with Crippen LogP contribution in [0.2, 0.25) is 0 Å². The Bertz CT molecular complexity index is 569. The van der Waals surface area contributed by atoms with E-state index < -0.39 is 10.0 Å². The minimum absolute atomic E-state index is 0.105. The minimum Gasteiger partial charge on any atom is -0.306 e. The Labute approximate surface area is 140 Å². The largest absolute Gasteiger partial charge is 0.306 e. The van der Waals surface area contributed by atoms with Gasteiger partial charge in [0.25, 0.3) is 0 Å². The lowest BCUT2D eigenvalue weighted by atomic mass is 10.0. The number of hydrogen-bond donors (Lipinski definition) is 1. The third-order valence-corrected chi connectivity index (χ3v) is 6.09. The summed E-state index contributed by atoms with van der Waals surface area (Å²) in [5.74, 6) is 0.105. The third kappa shape index (κ3) is 5.57. The Morgan fingerprint density at radius 2 is 1.87 bits per heavy atom. The maximum atomic E-state index is 12.0. The predicted molar refractivity (Wildman–Crippen MR) is 94.9 cm³/mol.